The molecule has 1 nitrogen and oxygen atoms in total. The highest BCUT2D eigenvalue weighted by Crippen LogP contribution is 2.45. The van der Waals surface area contributed by atoms with Gasteiger partial charge in [0.05, 0.1) is 15.6 Å². The Bertz CT molecular complexity index is 3470. The van der Waals surface area contributed by atoms with Gasteiger partial charge in [-0.15, -0.1) is 11.3 Å². The van der Waals surface area contributed by atoms with Gasteiger partial charge in [-0.05, 0) is 110 Å². The highest BCUT2D eigenvalue weighted by Gasteiger charge is 2.19. The number of aryl methyl sites for hydroxylation is 1. The van der Waals surface area contributed by atoms with Crippen LogP contribution in [0.1, 0.15) is 36.5 Å². The minimum Gasteiger partial charge on any atom is -0.309 e. The summed E-state index contributed by atoms with van der Waals surface area (Å²) in [5.74, 6) is 0.433. The average molecular weight is 746 g/mol. The normalized spacial score (nSPS) is 12.7. The zero-order valence-electron chi connectivity index (χ0n) is 32.2. The van der Waals surface area contributed by atoms with Crippen molar-refractivity contribution in [1.82, 2.24) is 4.57 Å². The van der Waals surface area contributed by atoms with E-state index in [0.29, 0.717) is 5.92 Å². The highest BCUT2D eigenvalue weighted by atomic mass is 32.1. The van der Waals surface area contributed by atoms with Crippen LogP contribution >= 0.6 is 11.3 Å². The molecule has 0 aliphatic heterocycles. The molecule has 57 heavy (non-hydrogen) atoms. The first-order valence-corrected chi connectivity index (χ1v) is 20.7. The molecular weight excluding hydrogens is 707 g/mol. The Hall–Kier alpha value is -6.70. The van der Waals surface area contributed by atoms with Gasteiger partial charge < -0.3 is 4.57 Å². The van der Waals surface area contributed by atoms with Crippen LogP contribution in [0.4, 0.5) is 0 Å². The zero-order valence-corrected chi connectivity index (χ0v) is 33.0. The molecule has 11 rings (SSSR count). The Morgan fingerprint density at radius 1 is 0.526 bits per heavy atom. The lowest BCUT2D eigenvalue weighted by molar-refractivity contribution is 0.869. The van der Waals surface area contributed by atoms with Crippen LogP contribution in [0.2, 0.25) is 0 Å². The number of para-hydroxylation sites is 1. The summed E-state index contributed by atoms with van der Waals surface area (Å²) in [6.45, 7) is 6.76. The Morgan fingerprint density at radius 2 is 1.21 bits per heavy atom. The number of nitrogens with zero attached hydrogens (tertiary/aromatic N) is 1. The molecule has 1 aliphatic carbocycles. The van der Waals surface area contributed by atoms with Gasteiger partial charge in [-0.3, -0.25) is 0 Å². The van der Waals surface area contributed by atoms with Crippen LogP contribution in [0.3, 0.4) is 0 Å². The molecule has 0 saturated heterocycles. The molecule has 0 N–H and O–H groups in total. The maximum Gasteiger partial charge on any atom is 0.0779 e. The van der Waals surface area contributed by atoms with E-state index < -0.39 is 0 Å². The van der Waals surface area contributed by atoms with Crippen LogP contribution < -0.4 is 9.75 Å². The fourth-order valence-corrected chi connectivity index (χ4v) is 10.2. The number of hydrogen-bond donors (Lipinski definition) is 0. The Balaban J connectivity index is 1.08. The van der Waals surface area contributed by atoms with Crippen molar-refractivity contribution in [3.63, 3.8) is 0 Å². The van der Waals surface area contributed by atoms with Gasteiger partial charge >= 0.3 is 0 Å². The van der Waals surface area contributed by atoms with Crippen molar-refractivity contribution in [2.45, 2.75) is 26.7 Å². The van der Waals surface area contributed by atoms with E-state index in [1.54, 1.807) is 0 Å². The minimum absolute atomic E-state index is 0.433. The molecular formula is C55H39NS. The quantitative estimate of drug-likeness (QED) is 0.155. The third-order valence-corrected chi connectivity index (χ3v) is 12.9. The van der Waals surface area contributed by atoms with Gasteiger partial charge in [-0.25, -0.2) is 0 Å². The lowest BCUT2D eigenvalue weighted by atomic mass is 9.84. The number of fused-ring (bicyclic) bond motifs is 8. The maximum atomic E-state index is 3.80. The van der Waals surface area contributed by atoms with Gasteiger partial charge in [-0.2, -0.15) is 0 Å². The molecule has 2 aromatic heterocycles. The molecule has 0 atom stereocenters. The van der Waals surface area contributed by atoms with E-state index in [-0.39, 0.29) is 0 Å². The number of benzene rings is 8. The fraction of sp³-hybridized carbons (Fsp3) is 0.0727. The first kappa shape index (κ1) is 33.6. The van der Waals surface area contributed by atoms with E-state index in [0.717, 1.165) is 11.3 Å². The van der Waals surface area contributed by atoms with Crippen molar-refractivity contribution in [2.75, 3.05) is 0 Å². The number of thiophene rings is 1. The molecule has 10 aromatic rings. The smallest absolute Gasteiger partial charge is 0.0779 e. The Labute approximate surface area is 336 Å². The predicted octanol–water partition coefficient (Wildman–Crippen LogP) is 13.9. The predicted molar refractivity (Wildman–Crippen MR) is 247 cm³/mol. The van der Waals surface area contributed by atoms with Crippen LogP contribution in [-0.2, 0) is 0 Å². The second-order valence-corrected chi connectivity index (χ2v) is 16.7. The summed E-state index contributed by atoms with van der Waals surface area (Å²) in [5, 5.41) is 10.2. The number of rotatable bonds is 5. The standard InChI is InChI=1S/C55H39NS/c1-34(2)37-24-28-47-49(31-37)55(40-14-10-12-35(3)30-40)46-18-5-4-17-45(46)54(47)36-22-26-41(27-23-36)56-50-20-8-6-15-42(50)48-32-39(25-29-51(48)56)38-13-11-19-44-43-16-7-9-21-52(43)57-53(44)33-38/h4-32,34H,1-3H3. The summed E-state index contributed by atoms with van der Waals surface area (Å²) in [5.41, 5.74) is 17.3. The van der Waals surface area contributed by atoms with Gasteiger partial charge in [0.2, 0.25) is 0 Å². The molecule has 0 saturated carbocycles. The van der Waals surface area contributed by atoms with Crippen molar-refractivity contribution in [3.05, 3.63) is 196 Å². The minimum atomic E-state index is 0.433. The van der Waals surface area contributed by atoms with Crippen LogP contribution in [0.5, 0.6) is 0 Å². The Morgan fingerprint density at radius 3 is 2.00 bits per heavy atom. The summed E-state index contributed by atoms with van der Waals surface area (Å²) in [7, 11) is 0. The number of hydrogen-bond acceptors (Lipinski definition) is 1. The first-order chi connectivity index (χ1) is 28.0. The second kappa shape index (κ2) is 13.2. The van der Waals surface area contributed by atoms with Gasteiger partial charge in [0.25, 0.3) is 0 Å². The summed E-state index contributed by atoms with van der Waals surface area (Å²) >= 11 is 1.81. The van der Waals surface area contributed by atoms with Gasteiger partial charge in [-0.1, -0.05) is 159 Å². The summed E-state index contributed by atoms with van der Waals surface area (Å²) in [6, 6.07) is 58.7. The van der Waals surface area contributed by atoms with E-state index in [1.807, 2.05) is 11.3 Å². The SMILES string of the molecule is Cc1cccc(-c2c3ccccc3c(-c3ccc(-n4c5ccccc5c5cc(C6=C=c7sc8ccccc8c7=CC=C6)ccc54)cc3)c3ccc(C(C)C)cc23)c1. The molecule has 2 heteroatoms. The van der Waals surface area contributed by atoms with Crippen LogP contribution in [0.25, 0.3) is 98.8 Å². The monoisotopic (exact) mass is 745 g/mol. The molecule has 0 spiro atoms. The summed E-state index contributed by atoms with van der Waals surface area (Å²) in [4.78, 5) is 0. The van der Waals surface area contributed by atoms with Gasteiger partial charge in [0.15, 0.2) is 0 Å². The van der Waals surface area contributed by atoms with E-state index in [1.165, 1.54) is 102 Å². The van der Waals surface area contributed by atoms with Crippen LogP contribution in [0, 0.1) is 6.92 Å². The molecule has 0 amide bonds. The van der Waals surface area contributed by atoms with Crippen molar-refractivity contribution < 1.29 is 0 Å². The third kappa shape index (κ3) is 5.45. The van der Waals surface area contributed by atoms with Gasteiger partial charge in [0.1, 0.15) is 0 Å². The molecule has 0 bridgehead atoms. The van der Waals surface area contributed by atoms with Crippen LogP contribution in [-0.4, -0.2) is 4.57 Å². The lowest BCUT2D eigenvalue weighted by Crippen LogP contribution is -2.16. The highest BCUT2D eigenvalue weighted by molar-refractivity contribution is 7.17. The zero-order chi connectivity index (χ0) is 38.2. The second-order valence-electron chi connectivity index (χ2n) is 15.7. The van der Waals surface area contributed by atoms with Gasteiger partial charge in [0, 0.05) is 37.3 Å². The van der Waals surface area contributed by atoms with Crippen molar-refractivity contribution in [1.29, 1.82) is 0 Å². The summed E-state index contributed by atoms with van der Waals surface area (Å²) in [6.07, 6.45) is 6.61. The molecule has 8 aromatic carbocycles. The van der Waals surface area contributed by atoms with Crippen molar-refractivity contribution in [2.24, 2.45) is 0 Å². The Kier molecular flexibility index (Phi) is 7.79. The molecule has 0 fully saturated rings. The summed E-state index contributed by atoms with van der Waals surface area (Å²) < 4.78 is 4.90. The van der Waals surface area contributed by atoms with E-state index >= 15 is 0 Å². The topological polar surface area (TPSA) is 4.93 Å². The van der Waals surface area contributed by atoms with E-state index in [9.17, 15) is 0 Å². The fourth-order valence-electron chi connectivity index (χ4n) is 9.07. The van der Waals surface area contributed by atoms with E-state index in [2.05, 4.69) is 207 Å². The number of aromatic nitrogens is 1. The third-order valence-electron chi connectivity index (χ3n) is 11.8. The van der Waals surface area contributed by atoms with E-state index in [4.69, 9.17) is 0 Å². The average Bonchev–Trinajstić information content (AvgIpc) is 3.68. The van der Waals surface area contributed by atoms with Crippen molar-refractivity contribution in [3.8, 4) is 27.9 Å². The van der Waals surface area contributed by atoms with Crippen LogP contribution in [0.15, 0.2) is 170 Å². The molecule has 2 heterocycles. The molecule has 0 radical (unpaired) electrons. The first-order valence-electron chi connectivity index (χ1n) is 19.9. The maximum absolute atomic E-state index is 3.80. The molecule has 270 valence electrons. The molecule has 1 aliphatic rings. The largest absolute Gasteiger partial charge is 0.309 e. The number of allylic oxidation sites excluding steroid dienone is 3. The molecule has 0 unspecified atom stereocenters. The lowest BCUT2D eigenvalue weighted by Gasteiger charge is -2.20. The van der Waals surface area contributed by atoms with Crippen molar-refractivity contribution >= 4 is 82.2 Å².